The fourth-order valence-electron chi connectivity index (χ4n) is 1.12. The van der Waals surface area contributed by atoms with Crippen LogP contribution in [0.4, 0.5) is 0 Å². The lowest BCUT2D eigenvalue weighted by Gasteiger charge is -2.04. The summed E-state index contributed by atoms with van der Waals surface area (Å²) in [7, 11) is 0. The number of carbonyl (C=O) groups excluding carboxylic acids is 1. The molecule has 0 atom stereocenters. The summed E-state index contributed by atoms with van der Waals surface area (Å²) in [5.41, 5.74) is 0.233. The second-order valence-electron chi connectivity index (χ2n) is 3.07. The average molecular weight is 207 g/mol. The highest BCUT2D eigenvalue weighted by atomic mass is 16.3. The third kappa shape index (κ3) is 3.34. The molecule has 1 rings (SSSR count). The first-order valence-corrected chi connectivity index (χ1v) is 4.55. The van der Waals surface area contributed by atoms with Gasteiger partial charge in [0.25, 0.3) is 5.91 Å². The highest BCUT2D eigenvalue weighted by molar-refractivity contribution is 5.95. The monoisotopic (exact) mass is 207 g/mol. The van der Waals surface area contributed by atoms with E-state index in [0.717, 1.165) is 0 Å². The van der Waals surface area contributed by atoms with Gasteiger partial charge in [-0.3, -0.25) is 4.79 Å². The van der Waals surface area contributed by atoms with E-state index in [0.29, 0.717) is 13.0 Å². The Morgan fingerprint density at radius 1 is 1.33 bits per heavy atom. The Morgan fingerprint density at radius 3 is 2.47 bits per heavy atom. The van der Waals surface area contributed by atoms with E-state index in [2.05, 4.69) is 11.9 Å². The zero-order valence-corrected chi connectivity index (χ0v) is 8.23. The minimum absolute atomic E-state index is 0.135. The quantitative estimate of drug-likeness (QED) is 0.516. The van der Waals surface area contributed by atoms with Crippen molar-refractivity contribution in [2.75, 3.05) is 6.54 Å². The van der Waals surface area contributed by atoms with Crippen LogP contribution in [0.25, 0.3) is 0 Å². The Kier molecular flexibility index (Phi) is 3.74. The molecule has 0 unspecified atom stereocenters. The Labute approximate surface area is 87.9 Å². The van der Waals surface area contributed by atoms with Crippen LogP contribution in [0.5, 0.6) is 11.5 Å². The lowest BCUT2D eigenvalue weighted by atomic mass is 10.2. The van der Waals surface area contributed by atoms with Gasteiger partial charge in [-0.2, -0.15) is 0 Å². The largest absolute Gasteiger partial charge is 0.508 e. The van der Waals surface area contributed by atoms with Gasteiger partial charge in [0, 0.05) is 18.2 Å². The van der Waals surface area contributed by atoms with Gasteiger partial charge >= 0.3 is 0 Å². The van der Waals surface area contributed by atoms with Gasteiger partial charge in [-0.15, -0.1) is 6.58 Å². The maximum absolute atomic E-state index is 11.5. The highest BCUT2D eigenvalue weighted by Gasteiger charge is 2.07. The molecule has 0 bridgehead atoms. The van der Waals surface area contributed by atoms with Gasteiger partial charge in [0.05, 0.1) is 0 Å². The summed E-state index contributed by atoms with van der Waals surface area (Å²) >= 11 is 0. The summed E-state index contributed by atoms with van der Waals surface area (Å²) in [5.74, 6) is -0.601. The first kappa shape index (κ1) is 11.1. The summed E-state index contributed by atoms with van der Waals surface area (Å²) in [6.45, 7) is 4.01. The van der Waals surface area contributed by atoms with Gasteiger partial charge < -0.3 is 15.5 Å². The van der Waals surface area contributed by atoms with Crippen LogP contribution in [-0.4, -0.2) is 22.7 Å². The maximum atomic E-state index is 11.5. The van der Waals surface area contributed by atoms with Crippen LogP contribution >= 0.6 is 0 Å². The van der Waals surface area contributed by atoms with Gasteiger partial charge in [-0.25, -0.2) is 0 Å². The lowest BCUT2D eigenvalue weighted by Crippen LogP contribution is -2.23. The van der Waals surface area contributed by atoms with Gasteiger partial charge in [0.1, 0.15) is 11.5 Å². The number of benzene rings is 1. The lowest BCUT2D eigenvalue weighted by molar-refractivity contribution is 0.0953. The van der Waals surface area contributed by atoms with E-state index in [1.165, 1.54) is 18.2 Å². The molecule has 15 heavy (non-hydrogen) atoms. The Balaban J connectivity index is 2.69. The highest BCUT2D eigenvalue weighted by Crippen LogP contribution is 2.20. The SMILES string of the molecule is C=CCCNC(=O)c1cc(O)cc(O)c1. The molecule has 1 aromatic rings. The molecular formula is C11H13NO3. The number of hydrogen-bond donors (Lipinski definition) is 3. The number of nitrogens with one attached hydrogen (secondary N) is 1. The van der Waals surface area contributed by atoms with Crippen molar-refractivity contribution in [3.05, 3.63) is 36.4 Å². The molecule has 0 saturated carbocycles. The van der Waals surface area contributed by atoms with E-state index in [1.807, 2.05) is 0 Å². The van der Waals surface area contributed by atoms with Crippen LogP contribution in [0.3, 0.4) is 0 Å². The molecule has 0 aliphatic carbocycles. The average Bonchev–Trinajstić information content (AvgIpc) is 2.16. The van der Waals surface area contributed by atoms with Crippen LogP contribution in [0, 0.1) is 0 Å². The van der Waals surface area contributed by atoms with Crippen molar-refractivity contribution in [1.29, 1.82) is 0 Å². The van der Waals surface area contributed by atoms with Crippen molar-refractivity contribution in [3.8, 4) is 11.5 Å². The summed E-state index contributed by atoms with van der Waals surface area (Å²) in [6, 6.07) is 3.76. The number of hydrogen-bond acceptors (Lipinski definition) is 3. The van der Waals surface area contributed by atoms with E-state index < -0.39 is 0 Å². The third-order valence-electron chi connectivity index (χ3n) is 1.80. The molecule has 3 N–H and O–H groups in total. The molecule has 0 heterocycles. The number of phenolic OH excluding ortho intramolecular Hbond substituents is 2. The second-order valence-corrected chi connectivity index (χ2v) is 3.07. The third-order valence-corrected chi connectivity index (χ3v) is 1.80. The Bertz CT molecular complexity index is 354. The topological polar surface area (TPSA) is 69.6 Å². The summed E-state index contributed by atoms with van der Waals surface area (Å²) in [5, 5.41) is 20.9. The Hall–Kier alpha value is -1.97. The number of rotatable bonds is 4. The fourth-order valence-corrected chi connectivity index (χ4v) is 1.12. The molecule has 0 saturated heterocycles. The molecule has 0 aliphatic heterocycles. The molecule has 0 spiro atoms. The fraction of sp³-hybridized carbons (Fsp3) is 0.182. The van der Waals surface area contributed by atoms with E-state index in [9.17, 15) is 4.79 Å². The number of carbonyl (C=O) groups is 1. The summed E-state index contributed by atoms with van der Waals surface area (Å²) < 4.78 is 0. The maximum Gasteiger partial charge on any atom is 0.251 e. The predicted octanol–water partition coefficient (Wildman–Crippen LogP) is 1.40. The van der Waals surface area contributed by atoms with Crippen LogP contribution in [-0.2, 0) is 0 Å². The predicted molar refractivity (Wildman–Crippen MR) is 56.9 cm³/mol. The molecule has 1 amide bonds. The van der Waals surface area contributed by atoms with Crippen molar-refractivity contribution >= 4 is 5.91 Å². The Morgan fingerprint density at radius 2 is 1.93 bits per heavy atom. The molecule has 0 aromatic heterocycles. The van der Waals surface area contributed by atoms with Crippen molar-refractivity contribution in [3.63, 3.8) is 0 Å². The molecule has 1 aromatic carbocycles. The molecule has 4 nitrogen and oxygen atoms in total. The molecular weight excluding hydrogens is 194 g/mol. The first-order valence-electron chi connectivity index (χ1n) is 4.55. The number of phenols is 2. The van der Waals surface area contributed by atoms with Crippen LogP contribution < -0.4 is 5.32 Å². The van der Waals surface area contributed by atoms with Gasteiger partial charge in [0.15, 0.2) is 0 Å². The molecule has 0 aliphatic rings. The normalized spacial score (nSPS) is 9.60. The summed E-state index contributed by atoms with van der Waals surface area (Å²) in [4.78, 5) is 11.5. The van der Waals surface area contributed by atoms with E-state index in [1.54, 1.807) is 6.08 Å². The van der Waals surface area contributed by atoms with Crippen LogP contribution in [0.1, 0.15) is 16.8 Å². The van der Waals surface area contributed by atoms with Crippen molar-refractivity contribution < 1.29 is 15.0 Å². The molecule has 0 fully saturated rings. The smallest absolute Gasteiger partial charge is 0.251 e. The van der Waals surface area contributed by atoms with Gasteiger partial charge in [-0.05, 0) is 18.6 Å². The molecule has 4 heteroatoms. The number of amides is 1. The zero-order chi connectivity index (χ0) is 11.3. The minimum Gasteiger partial charge on any atom is -0.508 e. The van der Waals surface area contributed by atoms with E-state index in [4.69, 9.17) is 10.2 Å². The minimum atomic E-state index is -0.331. The van der Waals surface area contributed by atoms with Crippen LogP contribution in [0.15, 0.2) is 30.9 Å². The summed E-state index contributed by atoms with van der Waals surface area (Å²) in [6.07, 6.45) is 2.37. The molecule has 80 valence electrons. The van der Waals surface area contributed by atoms with Crippen molar-refractivity contribution in [2.45, 2.75) is 6.42 Å². The number of aromatic hydroxyl groups is 2. The van der Waals surface area contributed by atoms with Crippen LogP contribution in [0.2, 0.25) is 0 Å². The molecule has 0 radical (unpaired) electrons. The van der Waals surface area contributed by atoms with Gasteiger partial charge in [-0.1, -0.05) is 6.08 Å². The van der Waals surface area contributed by atoms with Crippen molar-refractivity contribution in [2.24, 2.45) is 0 Å². The second kappa shape index (κ2) is 5.05. The van der Waals surface area contributed by atoms with E-state index in [-0.39, 0.29) is 23.0 Å². The zero-order valence-electron chi connectivity index (χ0n) is 8.23. The standard InChI is InChI=1S/C11H13NO3/c1-2-3-4-12-11(15)8-5-9(13)7-10(14)6-8/h2,5-7,13-14H,1,3-4H2,(H,12,15). The first-order chi connectivity index (χ1) is 7.13. The van der Waals surface area contributed by atoms with Gasteiger partial charge in [0.2, 0.25) is 0 Å². The van der Waals surface area contributed by atoms with Crippen molar-refractivity contribution in [1.82, 2.24) is 5.32 Å². The van der Waals surface area contributed by atoms with E-state index >= 15 is 0 Å².